The van der Waals surface area contributed by atoms with Crippen molar-refractivity contribution < 1.29 is 76.3 Å². The molecule has 7 unspecified atom stereocenters. The Labute approximate surface area is 415 Å². The van der Waals surface area contributed by atoms with E-state index < -0.39 is 39.9 Å². The number of thiocarbonyl (C=S) groups is 1. The Morgan fingerprint density at radius 1 is 0.735 bits per heavy atom. The predicted molar refractivity (Wildman–Crippen MR) is 257 cm³/mol. The fourth-order valence-corrected chi connectivity index (χ4v) is 12.4. The highest BCUT2D eigenvalue weighted by molar-refractivity contribution is 8.47. The van der Waals surface area contributed by atoms with E-state index in [-0.39, 0.29) is 94.7 Å². The number of hydrogen-bond acceptors (Lipinski definition) is 19. The Morgan fingerprint density at radius 2 is 1.18 bits per heavy atom. The average molecular weight is 1020 g/mol. The van der Waals surface area contributed by atoms with Crippen molar-refractivity contribution in [2.24, 2.45) is 16.7 Å². The van der Waals surface area contributed by atoms with Crippen LogP contribution in [0.4, 0.5) is 0 Å². The van der Waals surface area contributed by atoms with E-state index in [1.54, 1.807) is 6.92 Å². The number of carbonyl (C=O) groups is 6. The zero-order valence-corrected chi connectivity index (χ0v) is 43.2. The molecule has 0 aromatic rings. The van der Waals surface area contributed by atoms with Gasteiger partial charge in [0.1, 0.15) is 65.2 Å². The van der Waals surface area contributed by atoms with Gasteiger partial charge in [-0.2, -0.15) is 9.59 Å². The maximum Gasteiger partial charge on any atom is 0.373 e. The molecule has 6 aliphatic rings. The number of cyclic esters (lactones) is 2. The molecule has 0 aromatic heterocycles. The second kappa shape index (κ2) is 29.7. The first kappa shape index (κ1) is 59.0. The third-order valence-corrected chi connectivity index (χ3v) is 16.1. The van der Waals surface area contributed by atoms with Crippen LogP contribution in [0.1, 0.15) is 157 Å². The molecule has 0 aromatic carbocycles. The summed E-state index contributed by atoms with van der Waals surface area (Å²) in [5.74, 6) is -1.54. The number of thioether (sulfide) groups is 2. The monoisotopic (exact) mass is 1010 g/mol. The van der Waals surface area contributed by atoms with Gasteiger partial charge >= 0.3 is 42.0 Å². The number of fused-ring (bicyclic) bond motifs is 2. The molecular weight excluding hydrogens is 941 g/mol. The summed E-state index contributed by atoms with van der Waals surface area (Å²) in [5.41, 5.74) is -3.13. The molecular formula is C49H74O16S3. The van der Waals surface area contributed by atoms with E-state index >= 15 is 0 Å². The molecule has 6 fully saturated rings. The van der Waals surface area contributed by atoms with E-state index in [9.17, 15) is 28.8 Å². The summed E-state index contributed by atoms with van der Waals surface area (Å²) in [6.07, 6.45) is 20.4. The van der Waals surface area contributed by atoms with Gasteiger partial charge in [-0.15, -0.1) is 23.5 Å². The molecule has 384 valence electrons. The molecule has 7 atom stereocenters. The van der Waals surface area contributed by atoms with Gasteiger partial charge in [0.2, 0.25) is 0 Å². The van der Waals surface area contributed by atoms with Gasteiger partial charge in [0.05, 0.1) is 31.0 Å². The lowest BCUT2D eigenvalue weighted by molar-refractivity contribution is -0.192. The highest BCUT2D eigenvalue weighted by atomic mass is 32.2. The molecule has 6 heterocycles. The summed E-state index contributed by atoms with van der Waals surface area (Å²) in [5, 5.41) is 0.632. The van der Waals surface area contributed by atoms with Crippen molar-refractivity contribution in [3.8, 4) is 0 Å². The van der Waals surface area contributed by atoms with Crippen LogP contribution in [0, 0.1) is 16.7 Å². The molecule has 6 aliphatic heterocycles. The summed E-state index contributed by atoms with van der Waals surface area (Å²) in [7, 11) is 0. The Hall–Kier alpha value is -3.35. The van der Waals surface area contributed by atoms with Gasteiger partial charge in [-0.1, -0.05) is 111 Å². The lowest BCUT2D eigenvalue weighted by atomic mass is 9.65. The van der Waals surface area contributed by atoms with E-state index in [1.807, 2.05) is 30.4 Å². The molecule has 2 spiro atoms. The van der Waals surface area contributed by atoms with Crippen molar-refractivity contribution in [1.29, 1.82) is 0 Å². The standard InChI is InChI=1S/C17H24O7.C16H32S3.C15H18O7.CO2/c1-3-11(2)14(19)22-7-6-21-13(18)9-16-8-12-4-5-17(16,24-12)10-23-15(16)20;1-4-5-6-7-8-9-10-11-12-13-14-18-16(17)19-15(2)3;1-2-11(16)19-5-6-20-12(17)8-14-7-10-3-4-15(14,22-10)9-21-13(14)18;2-1-3/h11-12H,3-10H2,1-2H3;15H,4-14H2,1-3H3;2,10H,1,3-9H2;. The Kier molecular flexibility index (Phi) is 25.8. The minimum Gasteiger partial charge on any atom is -0.462 e. The van der Waals surface area contributed by atoms with Gasteiger partial charge in [-0.3, -0.25) is 24.0 Å². The van der Waals surface area contributed by atoms with Crippen LogP contribution >= 0.6 is 35.7 Å². The fourth-order valence-electron chi connectivity index (χ4n) is 9.61. The maximum absolute atomic E-state index is 12.2. The number of rotatable bonds is 25. The van der Waals surface area contributed by atoms with Crippen LogP contribution in [0.3, 0.4) is 0 Å². The Morgan fingerprint density at radius 3 is 1.60 bits per heavy atom. The minimum atomic E-state index is -0.912. The first-order chi connectivity index (χ1) is 32.5. The molecule has 0 N–H and O–H groups in total. The van der Waals surface area contributed by atoms with Gasteiger partial charge in [-0.25, -0.2) is 4.79 Å². The van der Waals surface area contributed by atoms with Gasteiger partial charge < -0.3 is 37.9 Å². The zero-order valence-electron chi connectivity index (χ0n) is 40.7. The topological polar surface area (TPSA) is 210 Å². The average Bonchev–Trinajstić information content (AvgIpc) is 4.15. The predicted octanol–water partition coefficient (Wildman–Crippen LogP) is 8.37. The normalized spacial score (nSPS) is 26.7. The molecule has 16 nitrogen and oxygen atoms in total. The minimum absolute atomic E-state index is 0.0105. The van der Waals surface area contributed by atoms with Crippen LogP contribution in [-0.2, 0) is 76.3 Å². The van der Waals surface area contributed by atoms with Crippen LogP contribution in [0.2, 0.25) is 0 Å². The molecule has 0 radical (unpaired) electrons. The maximum atomic E-state index is 12.2. The molecule has 0 saturated carbocycles. The van der Waals surface area contributed by atoms with E-state index in [0.717, 1.165) is 35.3 Å². The van der Waals surface area contributed by atoms with Crippen molar-refractivity contribution in [2.75, 3.05) is 45.4 Å². The van der Waals surface area contributed by atoms with Gasteiger partial charge in [0, 0.05) is 11.3 Å². The van der Waals surface area contributed by atoms with Crippen LogP contribution in [0.25, 0.3) is 0 Å². The summed E-state index contributed by atoms with van der Waals surface area (Å²) in [6, 6.07) is 0. The summed E-state index contributed by atoms with van der Waals surface area (Å²) < 4.78 is 43.3. The third-order valence-electron chi connectivity index (χ3n) is 13.4. The molecule has 68 heavy (non-hydrogen) atoms. The number of unbranched alkanes of at least 4 members (excludes halogenated alkanes) is 9. The van der Waals surface area contributed by atoms with E-state index in [1.165, 1.54) is 70.0 Å². The van der Waals surface area contributed by atoms with Crippen molar-refractivity contribution >= 4 is 81.2 Å². The van der Waals surface area contributed by atoms with Crippen molar-refractivity contribution in [1.82, 2.24) is 0 Å². The van der Waals surface area contributed by atoms with Crippen molar-refractivity contribution in [3.63, 3.8) is 0 Å². The summed E-state index contributed by atoms with van der Waals surface area (Å²) >= 11 is 9.03. The quantitative estimate of drug-likeness (QED) is 0.0276. The van der Waals surface area contributed by atoms with Gasteiger partial charge in [-0.05, 0) is 57.1 Å². The third kappa shape index (κ3) is 16.6. The second-order valence-electron chi connectivity index (χ2n) is 18.4. The summed E-state index contributed by atoms with van der Waals surface area (Å²) in [4.78, 5) is 87.2. The molecule has 6 saturated heterocycles. The molecule has 19 heteroatoms. The lowest BCUT2D eigenvalue weighted by Gasteiger charge is -2.33. The first-order valence-electron chi connectivity index (χ1n) is 24.3. The number of esters is 6. The van der Waals surface area contributed by atoms with Gasteiger partial charge in [0.25, 0.3) is 0 Å². The van der Waals surface area contributed by atoms with Crippen LogP contribution < -0.4 is 0 Å². The van der Waals surface area contributed by atoms with Crippen LogP contribution in [0.15, 0.2) is 12.7 Å². The Bertz CT molecular complexity index is 1740. The SMILES string of the molecule is C=CC(=O)OCCOC(=O)CC12CC3CCC1(COC2=O)O3.CCC(C)C(=O)OCCOC(=O)CC12CC3CCC1(COC2=O)O3.CCCCCCCCCCCCSC(=S)SC(C)C.O=C=O. The largest absolute Gasteiger partial charge is 0.462 e. The van der Waals surface area contributed by atoms with Crippen molar-refractivity contribution in [3.05, 3.63) is 12.7 Å². The van der Waals surface area contributed by atoms with Crippen LogP contribution in [-0.4, -0.2) is 120 Å². The van der Waals surface area contributed by atoms with E-state index in [0.29, 0.717) is 24.5 Å². The summed E-state index contributed by atoms with van der Waals surface area (Å²) in [6.45, 7) is 14.0. The van der Waals surface area contributed by atoms with Crippen molar-refractivity contribution in [2.45, 2.75) is 185 Å². The number of carbonyl (C=O) groups excluding carboxylic acids is 8. The Balaban J connectivity index is 0.000000264. The molecule has 6 rings (SSSR count). The fraction of sp³-hybridized carbons (Fsp3) is 0.796. The zero-order chi connectivity index (χ0) is 50.2. The van der Waals surface area contributed by atoms with Gasteiger partial charge in [0.15, 0.2) is 0 Å². The van der Waals surface area contributed by atoms with E-state index in [2.05, 4.69) is 27.4 Å². The molecule has 0 aliphatic carbocycles. The smallest absolute Gasteiger partial charge is 0.373 e. The molecule has 4 bridgehead atoms. The first-order valence-corrected chi connectivity index (χ1v) is 26.6. The van der Waals surface area contributed by atoms with E-state index in [4.69, 9.17) is 59.7 Å². The highest BCUT2D eigenvalue weighted by Gasteiger charge is 2.73. The number of ether oxygens (including phenoxy) is 8. The molecule has 0 amide bonds. The lowest BCUT2D eigenvalue weighted by Crippen LogP contribution is -2.47. The number of hydrogen-bond donors (Lipinski definition) is 0. The van der Waals surface area contributed by atoms with Crippen LogP contribution in [0.5, 0.6) is 0 Å². The highest BCUT2D eigenvalue weighted by Crippen LogP contribution is 2.62. The second-order valence-corrected chi connectivity index (χ2v) is 22.3.